The molecule has 0 unspecified atom stereocenters. The van der Waals surface area contributed by atoms with Gasteiger partial charge in [-0.1, -0.05) is 30.3 Å². The highest BCUT2D eigenvalue weighted by Crippen LogP contribution is 2.13. The molecule has 1 aromatic rings. The largest absolute Gasteiger partial charge is 0.385 e. The predicted octanol–water partition coefficient (Wildman–Crippen LogP) is 1.20. The monoisotopic (exact) mass is 280 g/mol. The molecule has 0 spiro atoms. The SMILES string of the molecule is COCCCN(CCOC)C(=O)[C@H](N)c1ccccc1. The zero-order chi connectivity index (χ0) is 14.8. The lowest BCUT2D eigenvalue weighted by Gasteiger charge is -2.25. The van der Waals surface area contributed by atoms with Crippen LogP contribution in [-0.2, 0) is 14.3 Å². The van der Waals surface area contributed by atoms with Crippen molar-refractivity contribution < 1.29 is 14.3 Å². The summed E-state index contributed by atoms with van der Waals surface area (Å²) >= 11 is 0. The van der Waals surface area contributed by atoms with E-state index in [1.807, 2.05) is 30.3 Å². The minimum Gasteiger partial charge on any atom is -0.385 e. The van der Waals surface area contributed by atoms with E-state index < -0.39 is 6.04 Å². The third kappa shape index (κ3) is 5.28. The van der Waals surface area contributed by atoms with Crippen LogP contribution in [0.3, 0.4) is 0 Å². The van der Waals surface area contributed by atoms with Gasteiger partial charge in [-0.05, 0) is 12.0 Å². The second-order valence-electron chi connectivity index (χ2n) is 4.55. The van der Waals surface area contributed by atoms with E-state index in [4.69, 9.17) is 15.2 Å². The summed E-state index contributed by atoms with van der Waals surface area (Å²) in [5.41, 5.74) is 6.88. The number of carbonyl (C=O) groups is 1. The Labute approximate surface area is 120 Å². The zero-order valence-electron chi connectivity index (χ0n) is 12.2. The summed E-state index contributed by atoms with van der Waals surface area (Å²) in [6.07, 6.45) is 0.785. The number of hydrogen-bond acceptors (Lipinski definition) is 4. The van der Waals surface area contributed by atoms with Crippen LogP contribution in [0.4, 0.5) is 0 Å². The molecule has 0 heterocycles. The van der Waals surface area contributed by atoms with E-state index in [1.54, 1.807) is 19.1 Å². The van der Waals surface area contributed by atoms with E-state index in [0.29, 0.717) is 26.3 Å². The second kappa shape index (κ2) is 9.47. The van der Waals surface area contributed by atoms with Crippen LogP contribution < -0.4 is 5.73 Å². The van der Waals surface area contributed by atoms with Crippen molar-refractivity contribution in [1.29, 1.82) is 0 Å². The summed E-state index contributed by atoms with van der Waals surface area (Å²) in [4.78, 5) is 14.2. The summed E-state index contributed by atoms with van der Waals surface area (Å²) in [7, 11) is 3.27. The van der Waals surface area contributed by atoms with Gasteiger partial charge in [0.25, 0.3) is 0 Å². The van der Waals surface area contributed by atoms with Crippen LogP contribution in [0.1, 0.15) is 18.0 Å². The zero-order valence-corrected chi connectivity index (χ0v) is 12.2. The maximum atomic E-state index is 12.4. The van der Waals surface area contributed by atoms with Gasteiger partial charge in [0.15, 0.2) is 0 Å². The lowest BCUT2D eigenvalue weighted by molar-refractivity contribution is -0.133. The average Bonchev–Trinajstić information content (AvgIpc) is 2.50. The van der Waals surface area contributed by atoms with Gasteiger partial charge in [0, 0.05) is 33.9 Å². The van der Waals surface area contributed by atoms with Crippen LogP contribution in [0.5, 0.6) is 0 Å². The van der Waals surface area contributed by atoms with Gasteiger partial charge in [0.1, 0.15) is 6.04 Å². The molecule has 0 aliphatic carbocycles. The number of benzene rings is 1. The van der Waals surface area contributed by atoms with E-state index in [9.17, 15) is 4.79 Å². The van der Waals surface area contributed by atoms with Crippen molar-refractivity contribution in [2.45, 2.75) is 12.5 Å². The van der Waals surface area contributed by atoms with E-state index in [2.05, 4.69) is 0 Å². The van der Waals surface area contributed by atoms with Crippen molar-refractivity contribution in [3.63, 3.8) is 0 Å². The highest BCUT2D eigenvalue weighted by atomic mass is 16.5. The Balaban J connectivity index is 2.65. The molecular weight excluding hydrogens is 256 g/mol. The summed E-state index contributed by atoms with van der Waals surface area (Å²) in [6.45, 7) is 2.29. The average molecular weight is 280 g/mol. The second-order valence-corrected chi connectivity index (χ2v) is 4.55. The summed E-state index contributed by atoms with van der Waals surface area (Å²) in [6, 6.07) is 8.77. The van der Waals surface area contributed by atoms with Gasteiger partial charge < -0.3 is 20.1 Å². The number of ether oxygens (including phenoxy) is 2. The molecule has 5 heteroatoms. The molecule has 1 amide bonds. The van der Waals surface area contributed by atoms with Crippen LogP contribution >= 0.6 is 0 Å². The summed E-state index contributed by atoms with van der Waals surface area (Å²) < 4.78 is 10.1. The third-order valence-corrected chi connectivity index (χ3v) is 3.08. The molecule has 0 aromatic heterocycles. The number of nitrogens with zero attached hydrogens (tertiary/aromatic N) is 1. The van der Waals surface area contributed by atoms with E-state index in [-0.39, 0.29) is 5.91 Å². The summed E-state index contributed by atoms with van der Waals surface area (Å²) in [5, 5.41) is 0. The topological polar surface area (TPSA) is 64.8 Å². The van der Waals surface area contributed by atoms with Gasteiger partial charge in [-0.3, -0.25) is 4.79 Å². The molecule has 0 bridgehead atoms. The number of amides is 1. The molecule has 1 atom stereocenters. The van der Waals surface area contributed by atoms with E-state index in [1.165, 1.54) is 0 Å². The van der Waals surface area contributed by atoms with Gasteiger partial charge in [0.2, 0.25) is 5.91 Å². The first kappa shape index (κ1) is 16.6. The van der Waals surface area contributed by atoms with Crippen LogP contribution in [-0.4, -0.2) is 51.3 Å². The number of methoxy groups -OCH3 is 2. The van der Waals surface area contributed by atoms with Crippen molar-refractivity contribution in [3.05, 3.63) is 35.9 Å². The molecule has 0 saturated heterocycles. The van der Waals surface area contributed by atoms with Gasteiger partial charge in [-0.2, -0.15) is 0 Å². The van der Waals surface area contributed by atoms with Gasteiger partial charge >= 0.3 is 0 Å². The maximum Gasteiger partial charge on any atom is 0.244 e. The first-order valence-electron chi connectivity index (χ1n) is 6.78. The smallest absolute Gasteiger partial charge is 0.244 e. The van der Waals surface area contributed by atoms with E-state index in [0.717, 1.165) is 12.0 Å². The quantitative estimate of drug-likeness (QED) is 0.690. The van der Waals surface area contributed by atoms with Gasteiger partial charge in [-0.25, -0.2) is 0 Å². The Morgan fingerprint density at radius 3 is 2.40 bits per heavy atom. The van der Waals surface area contributed by atoms with Crippen LogP contribution in [0.15, 0.2) is 30.3 Å². The van der Waals surface area contributed by atoms with Crippen LogP contribution in [0.25, 0.3) is 0 Å². The molecule has 0 radical (unpaired) electrons. The number of nitrogens with two attached hydrogens (primary N) is 1. The molecular formula is C15H24N2O3. The lowest BCUT2D eigenvalue weighted by Crippen LogP contribution is -2.41. The highest BCUT2D eigenvalue weighted by molar-refractivity contribution is 5.83. The Morgan fingerprint density at radius 2 is 1.80 bits per heavy atom. The summed E-state index contributed by atoms with van der Waals surface area (Å²) in [5.74, 6) is -0.0793. The molecule has 0 aliphatic rings. The molecule has 1 aromatic carbocycles. The fourth-order valence-corrected chi connectivity index (χ4v) is 1.93. The lowest BCUT2D eigenvalue weighted by atomic mass is 10.1. The molecule has 112 valence electrons. The van der Waals surface area contributed by atoms with Crippen molar-refractivity contribution >= 4 is 5.91 Å². The minimum atomic E-state index is -0.629. The van der Waals surface area contributed by atoms with Gasteiger partial charge in [-0.15, -0.1) is 0 Å². The third-order valence-electron chi connectivity index (χ3n) is 3.08. The Bertz CT molecular complexity index is 384. The molecule has 1 rings (SSSR count). The van der Waals surface area contributed by atoms with E-state index >= 15 is 0 Å². The molecule has 0 aliphatic heterocycles. The van der Waals surface area contributed by atoms with Crippen molar-refractivity contribution in [2.75, 3.05) is 40.5 Å². The Hall–Kier alpha value is -1.43. The molecule has 5 nitrogen and oxygen atoms in total. The number of carbonyl (C=O) groups excluding carboxylic acids is 1. The number of rotatable bonds is 9. The van der Waals surface area contributed by atoms with Crippen LogP contribution in [0, 0.1) is 0 Å². The fourth-order valence-electron chi connectivity index (χ4n) is 1.93. The fraction of sp³-hybridized carbons (Fsp3) is 0.533. The van der Waals surface area contributed by atoms with Crippen molar-refractivity contribution in [1.82, 2.24) is 4.90 Å². The predicted molar refractivity (Wildman–Crippen MR) is 78.3 cm³/mol. The minimum absolute atomic E-state index is 0.0793. The molecule has 20 heavy (non-hydrogen) atoms. The molecule has 0 fully saturated rings. The first-order valence-corrected chi connectivity index (χ1v) is 6.78. The maximum absolute atomic E-state index is 12.4. The van der Waals surface area contributed by atoms with Crippen LogP contribution in [0.2, 0.25) is 0 Å². The molecule has 2 N–H and O–H groups in total. The Kier molecular flexibility index (Phi) is 7.87. The normalized spacial score (nSPS) is 12.2. The van der Waals surface area contributed by atoms with Crippen molar-refractivity contribution in [3.8, 4) is 0 Å². The Morgan fingerprint density at radius 1 is 1.15 bits per heavy atom. The standard InChI is InChI=1S/C15H24N2O3/c1-19-11-6-9-17(10-12-20-2)15(18)14(16)13-7-4-3-5-8-13/h3-5,7-8,14H,6,9-12,16H2,1-2H3/t14-/m1/s1. The first-order chi connectivity index (χ1) is 9.70. The van der Waals surface area contributed by atoms with Crippen molar-refractivity contribution in [2.24, 2.45) is 5.73 Å². The number of hydrogen-bond donors (Lipinski definition) is 1. The molecule has 0 saturated carbocycles. The highest BCUT2D eigenvalue weighted by Gasteiger charge is 2.21. The van der Waals surface area contributed by atoms with Gasteiger partial charge in [0.05, 0.1) is 6.61 Å².